The van der Waals surface area contributed by atoms with Crippen molar-refractivity contribution in [3.05, 3.63) is 69.5 Å². The van der Waals surface area contributed by atoms with Crippen molar-refractivity contribution in [1.29, 1.82) is 0 Å². The quantitative estimate of drug-likeness (QED) is 0.829. The summed E-state index contributed by atoms with van der Waals surface area (Å²) in [6.07, 6.45) is 0. The lowest BCUT2D eigenvalue weighted by Gasteiger charge is -2.22. The molecule has 0 spiro atoms. The molecule has 132 valence electrons. The van der Waals surface area contributed by atoms with Crippen LogP contribution < -0.4 is 10.6 Å². The Morgan fingerprint density at radius 3 is 2.76 bits per heavy atom. The molecule has 0 radical (unpaired) electrons. The van der Waals surface area contributed by atoms with Crippen LogP contribution in [0, 0.1) is 11.7 Å². The van der Waals surface area contributed by atoms with Crippen molar-refractivity contribution in [2.45, 2.75) is 18.9 Å². The first-order chi connectivity index (χ1) is 12.0. The Balaban J connectivity index is 1.74. The van der Waals surface area contributed by atoms with Crippen molar-refractivity contribution < 1.29 is 9.18 Å². The van der Waals surface area contributed by atoms with Gasteiger partial charge in [0.05, 0.1) is 12.0 Å². The fraction of sp³-hybridized carbons (Fsp3) is 0.316. The Labute approximate surface area is 156 Å². The molecule has 3 unspecified atom stereocenters. The average Bonchev–Trinajstić information content (AvgIpc) is 3.04. The summed E-state index contributed by atoms with van der Waals surface area (Å²) >= 11 is 12.3. The first-order valence-electron chi connectivity index (χ1n) is 8.17. The van der Waals surface area contributed by atoms with Crippen LogP contribution in [-0.4, -0.2) is 19.0 Å². The Kier molecular flexibility index (Phi) is 5.62. The molecule has 3 atom stereocenters. The summed E-state index contributed by atoms with van der Waals surface area (Å²) in [5, 5.41) is 7.37. The van der Waals surface area contributed by atoms with Gasteiger partial charge in [-0.15, -0.1) is 0 Å². The molecule has 25 heavy (non-hydrogen) atoms. The van der Waals surface area contributed by atoms with Gasteiger partial charge < -0.3 is 10.6 Å². The molecular formula is C19H19Cl2FN2O. The van der Waals surface area contributed by atoms with E-state index in [0.717, 1.165) is 11.1 Å². The molecule has 1 aliphatic rings. The fourth-order valence-corrected chi connectivity index (χ4v) is 3.81. The van der Waals surface area contributed by atoms with Gasteiger partial charge in [-0.1, -0.05) is 41.4 Å². The van der Waals surface area contributed by atoms with Crippen molar-refractivity contribution in [2.75, 3.05) is 13.1 Å². The minimum atomic E-state index is -0.313. The van der Waals surface area contributed by atoms with Crippen molar-refractivity contribution in [3.8, 4) is 0 Å². The lowest BCUT2D eigenvalue weighted by Crippen LogP contribution is -2.36. The minimum absolute atomic E-state index is 0.0236. The van der Waals surface area contributed by atoms with E-state index in [1.54, 1.807) is 24.3 Å². The highest BCUT2D eigenvalue weighted by molar-refractivity contribution is 6.35. The van der Waals surface area contributed by atoms with E-state index in [4.69, 9.17) is 23.2 Å². The zero-order valence-corrected chi connectivity index (χ0v) is 15.2. The van der Waals surface area contributed by atoms with E-state index in [-0.39, 0.29) is 29.6 Å². The normalized spacial score (nSPS) is 21.1. The number of carbonyl (C=O) groups excluding carboxylic acids is 1. The molecule has 0 saturated carbocycles. The van der Waals surface area contributed by atoms with Gasteiger partial charge in [-0.05, 0) is 42.3 Å². The third-order valence-corrected chi connectivity index (χ3v) is 5.18. The second-order valence-corrected chi connectivity index (χ2v) is 7.17. The molecule has 1 saturated heterocycles. The van der Waals surface area contributed by atoms with E-state index in [1.807, 2.05) is 13.0 Å². The van der Waals surface area contributed by atoms with E-state index >= 15 is 0 Å². The molecule has 0 aromatic heterocycles. The van der Waals surface area contributed by atoms with E-state index in [1.165, 1.54) is 12.1 Å². The van der Waals surface area contributed by atoms with Gasteiger partial charge in [-0.2, -0.15) is 0 Å². The Morgan fingerprint density at radius 2 is 2.04 bits per heavy atom. The number of nitrogens with one attached hydrogen (secondary N) is 2. The van der Waals surface area contributed by atoms with Crippen LogP contribution in [0.15, 0.2) is 42.5 Å². The van der Waals surface area contributed by atoms with E-state index in [9.17, 15) is 9.18 Å². The molecule has 1 heterocycles. The van der Waals surface area contributed by atoms with Crippen LogP contribution in [0.4, 0.5) is 4.39 Å². The van der Waals surface area contributed by atoms with Crippen molar-refractivity contribution in [3.63, 3.8) is 0 Å². The maximum absolute atomic E-state index is 13.4. The first-order valence-corrected chi connectivity index (χ1v) is 8.93. The van der Waals surface area contributed by atoms with Gasteiger partial charge >= 0.3 is 0 Å². The summed E-state index contributed by atoms with van der Waals surface area (Å²) in [6.45, 7) is 3.10. The zero-order valence-electron chi connectivity index (χ0n) is 13.7. The molecule has 2 N–H and O–H groups in total. The second kappa shape index (κ2) is 7.73. The third-order valence-electron chi connectivity index (χ3n) is 4.62. The van der Waals surface area contributed by atoms with Crippen LogP contribution in [0.25, 0.3) is 0 Å². The summed E-state index contributed by atoms with van der Waals surface area (Å²) in [5.74, 6) is -0.649. The van der Waals surface area contributed by atoms with Crippen LogP contribution >= 0.6 is 23.2 Å². The van der Waals surface area contributed by atoms with Crippen molar-refractivity contribution >= 4 is 29.1 Å². The van der Waals surface area contributed by atoms with Crippen LogP contribution in [0.5, 0.6) is 0 Å². The smallest absolute Gasteiger partial charge is 0.225 e. The minimum Gasteiger partial charge on any atom is -0.349 e. The number of carbonyl (C=O) groups is 1. The average molecular weight is 381 g/mol. The fourth-order valence-electron chi connectivity index (χ4n) is 3.26. The maximum atomic E-state index is 13.4. The van der Waals surface area contributed by atoms with Crippen molar-refractivity contribution in [1.82, 2.24) is 10.6 Å². The Hall–Kier alpha value is -1.62. The summed E-state index contributed by atoms with van der Waals surface area (Å²) in [5.41, 5.74) is 1.65. The lowest BCUT2D eigenvalue weighted by molar-refractivity contribution is -0.125. The highest BCUT2D eigenvalue weighted by atomic mass is 35.5. The maximum Gasteiger partial charge on any atom is 0.225 e. The molecule has 3 nitrogen and oxygen atoms in total. The SMILES string of the molecule is CC(NC(=O)C1CNCC1c1ccc(Cl)cc1Cl)c1cccc(F)c1. The van der Waals surface area contributed by atoms with Gasteiger partial charge in [0.1, 0.15) is 5.82 Å². The van der Waals surface area contributed by atoms with Gasteiger partial charge in [-0.25, -0.2) is 4.39 Å². The Bertz CT molecular complexity index is 784. The molecule has 2 aromatic rings. The predicted octanol–water partition coefficient (Wildman–Crippen LogP) is 4.31. The van der Waals surface area contributed by atoms with Gasteiger partial charge in [0.25, 0.3) is 0 Å². The van der Waals surface area contributed by atoms with Gasteiger partial charge in [-0.3, -0.25) is 4.79 Å². The van der Waals surface area contributed by atoms with Gasteiger partial charge in [0.2, 0.25) is 5.91 Å². The first kappa shape index (κ1) is 18.2. The summed E-state index contributed by atoms with van der Waals surface area (Å²) in [4.78, 5) is 12.8. The van der Waals surface area contributed by atoms with Crippen LogP contribution in [0.1, 0.15) is 30.0 Å². The highest BCUT2D eigenvalue weighted by Gasteiger charge is 2.35. The molecular weight excluding hydrogens is 362 g/mol. The molecule has 0 bridgehead atoms. The number of benzene rings is 2. The number of halogens is 3. The molecule has 1 amide bonds. The Morgan fingerprint density at radius 1 is 1.24 bits per heavy atom. The largest absolute Gasteiger partial charge is 0.349 e. The summed E-state index contributed by atoms with van der Waals surface area (Å²) < 4.78 is 13.4. The van der Waals surface area contributed by atoms with Gasteiger partial charge in [0.15, 0.2) is 0 Å². The third kappa shape index (κ3) is 4.14. The molecule has 3 rings (SSSR count). The van der Waals surface area contributed by atoms with E-state index in [2.05, 4.69) is 10.6 Å². The number of hydrogen-bond acceptors (Lipinski definition) is 2. The van der Waals surface area contributed by atoms with Crippen LogP contribution in [0.3, 0.4) is 0 Å². The van der Waals surface area contributed by atoms with Crippen molar-refractivity contribution in [2.24, 2.45) is 5.92 Å². The second-order valence-electron chi connectivity index (χ2n) is 6.32. The summed E-state index contributed by atoms with van der Waals surface area (Å²) in [7, 11) is 0. The number of rotatable bonds is 4. The molecule has 2 aromatic carbocycles. The summed E-state index contributed by atoms with van der Waals surface area (Å²) in [6, 6.07) is 11.3. The topological polar surface area (TPSA) is 41.1 Å². The standard InChI is InChI=1S/C19H19Cl2FN2O/c1-11(12-3-2-4-14(22)7-12)24-19(25)17-10-23-9-16(17)15-6-5-13(20)8-18(15)21/h2-8,11,16-17,23H,9-10H2,1H3,(H,24,25). The molecule has 1 aliphatic heterocycles. The number of hydrogen-bond donors (Lipinski definition) is 2. The highest BCUT2D eigenvalue weighted by Crippen LogP contribution is 2.34. The van der Waals surface area contributed by atoms with E-state index in [0.29, 0.717) is 23.1 Å². The van der Waals surface area contributed by atoms with Crippen LogP contribution in [-0.2, 0) is 4.79 Å². The molecule has 0 aliphatic carbocycles. The van der Waals surface area contributed by atoms with E-state index < -0.39 is 0 Å². The predicted molar refractivity (Wildman–Crippen MR) is 98.5 cm³/mol. The lowest BCUT2D eigenvalue weighted by atomic mass is 9.88. The zero-order chi connectivity index (χ0) is 18.0. The molecule has 6 heteroatoms. The monoisotopic (exact) mass is 380 g/mol. The van der Waals surface area contributed by atoms with Crippen LogP contribution in [0.2, 0.25) is 10.0 Å². The number of amides is 1. The van der Waals surface area contributed by atoms with Gasteiger partial charge in [0, 0.05) is 29.1 Å². The molecule has 1 fully saturated rings.